The van der Waals surface area contributed by atoms with Crippen LogP contribution in [0.25, 0.3) is 5.69 Å². The zero-order chi connectivity index (χ0) is 23.8. The summed E-state index contributed by atoms with van der Waals surface area (Å²) in [6, 6.07) is 4.60. The van der Waals surface area contributed by atoms with E-state index in [0.717, 1.165) is 24.3 Å². The lowest BCUT2D eigenvalue weighted by molar-refractivity contribution is -0.385. The van der Waals surface area contributed by atoms with Gasteiger partial charge in [0.2, 0.25) is 0 Å². The fourth-order valence-electron chi connectivity index (χ4n) is 2.67. The van der Waals surface area contributed by atoms with Gasteiger partial charge in [0.05, 0.1) is 27.2 Å². The molecule has 0 bridgehead atoms. The van der Waals surface area contributed by atoms with Gasteiger partial charge < -0.3 is 5.11 Å². The molecule has 0 spiro atoms. The van der Waals surface area contributed by atoms with Crippen LogP contribution < -0.4 is 5.56 Å². The molecule has 0 atom stereocenters. The number of aromatic nitrogens is 2. The summed E-state index contributed by atoms with van der Waals surface area (Å²) in [5, 5.41) is 41.6. The van der Waals surface area contributed by atoms with Gasteiger partial charge in [-0.15, -0.1) is 10.2 Å². The first kappa shape index (κ1) is 22.1. The maximum atomic E-state index is 12.9. The molecule has 0 saturated heterocycles. The van der Waals surface area contributed by atoms with Gasteiger partial charge in [-0.1, -0.05) is 0 Å². The molecule has 12 nitrogen and oxygen atoms in total. The Kier molecular flexibility index (Phi) is 5.49. The lowest BCUT2D eigenvalue weighted by Gasteiger charge is -2.08. The van der Waals surface area contributed by atoms with E-state index in [1.165, 1.54) is 6.92 Å². The third-order valence-corrected chi connectivity index (χ3v) is 4.21. The first-order valence-electron chi connectivity index (χ1n) is 8.47. The first-order valence-corrected chi connectivity index (χ1v) is 8.47. The molecule has 0 fully saturated rings. The molecular weight excluding hydrogens is 441 g/mol. The van der Waals surface area contributed by atoms with Crippen LogP contribution in [-0.4, -0.2) is 24.7 Å². The van der Waals surface area contributed by atoms with Gasteiger partial charge in [-0.2, -0.15) is 13.2 Å². The van der Waals surface area contributed by atoms with Crippen LogP contribution in [0.4, 0.5) is 35.9 Å². The van der Waals surface area contributed by atoms with Gasteiger partial charge in [0.1, 0.15) is 17.1 Å². The van der Waals surface area contributed by atoms with Gasteiger partial charge in [0, 0.05) is 12.1 Å². The molecule has 0 aliphatic rings. The third-order valence-electron chi connectivity index (χ3n) is 4.21. The molecule has 0 saturated carbocycles. The number of halogens is 3. The summed E-state index contributed by atoms with van der Waals surface area (Å²) in [7, 11) is 0. The first-order chi connectivity index (χ1) is 14.9. The van der Waals surface area contributed by atoms with Gasteiger partial charge in [-0.25, -0.2) is 4.68 Å². The van der Waals surface area contributed by atoms with Crippen molar-refractivity contribution in [1.82, 2.24) is 9.78 Å². The molecule has 3 rings (SSSR count). The minimum absolute atomic E-state index is 0.0642. The normalized spacial score (nSPS) is 11.8. The average Bonchev–Trinajstić information content (AvgIpc) is 2.99. The van der Waals surface area contributed by atoms with E-state index in [1.807, 2.05) is 0 Å². The fourth-order valence-corrected chi connectivity index (χ4v) is 2.67. The van der Waals surface area contributed by atoms with Gasteiger partial charge in [0.25, 0.3) is 16.9 Å². The number of aromatic amines is 1. The van der Waals surface area contributed by atoms with Crippen molar-refractivity contribution in [2.75, 3.05) is 0 Å². The van der Waals surface area contributed by atoms with Crippen molar-refractivity contribution in [2.45, 2.75) is 13.1 Å². The highest BCUT2D eigenvalue weighted by molar-refractivity contribution is 5.57. The highest BCUT2D eigenvalue weighted by atomic mass is 19.4. The number of phenolic OH excluding ortho intramolecular Hbond substituents is 1. The van der Waals surface area contributed by atoms with Gasteiger partial charge in [-0.3, -0.25) is 30.1 Å². The second-order valence-electron chi connectivity index (χ2n) is 6.31. The lowest BCUT2D eigenvalue weighted by atomic mass is 10.1. The zero-order valence-electron chi connectivity index (χ0n) is 15.8. The van der Waals surface area contributed by atoms with Crippen molar-refractivity contribution >= 4 is 22.7 Å². The van der Waals surface area contributed by atoms with E-state index in [4.69, 9.17) is 0 Å². The molecule has 15 heteroatoms. The maximum Gasteiger partial charge on any atom is 0.416 e. The van der Waals surface area contributed by atoms with Crippen LogP contribution in [-0.2, 0) is 6.18 Å². The number of aryl methyl sites for hydroxylation is 1. The number of phenols is 1. The van der Waals surface area contributed by atoms with E-state index < -0.39 is 50.0 Å². The molecular formula is C17H11F3N6O6. The number of hydrogen-bond donors (Lipinski definition) is 2. The monoisotopic (exact) mass is 452 g/mol. The highest BCUT2D eigenvalue weighted by Crippen LogP contribution is 2.35. The maximum absolute atomic E-state index is 12.9. The Morgan fingerprint density at radius 1 is 1.06 bits per heavy atom. The average molecular weight is 452 g/mol. The standard InChI is InChI=1S/C17H11F3N6O6/c1-8-15(22-21-11-4-3-10(25(29)30)7-14(11)27)16(28)24(23-8)12-5-2-9(17(18,19)20)6-13(12)26(31)32/h2-7,23,27H,1H3. The molecule has 2 N–H and O–H groups in total. The Bertz CT molecular complexity index is 1330. The molecule has 1 heterocycles. The fraction of sp³-hybridized carbons (Fsp3) is 0.118. The number of alkyl halides is 3. The molecule has 3 aromatic rings. The predicted octanol–water partition coefficient (Wildman–Crippen LogP) is 4.43. The molecule has 0 radical (unpaired) electrons. The van der Waals surface area contributed by atoms with Crippen molar-refractivity contribution in [2.24, 2.45) is 10.2 Å². The summed E-state index contributed by atoms with van der Waals surface area (Å²) in [6.45, 7) is 1.36. The molecule has 0 amide bonds. The van der Waals surface area contributed by atoms with Crippen LogP contribution in [0.1, 0.15) is 11.3 Å². The Morgan fingerprint density at radius 2 is 1.75 bits per heavy atom. The number of non-ortho nitro benzene ring substituents is 1. The number of nitrogens with one attached hydrogen (secondary N) is 1. The summed E-state index contributed by atoms with van der Waals surface area (Å²) in [5.74, 6) is -0.588. The number of rotatable bonds is 5. The number of nitrogens with zero attached hydrogens (tertiary/aromatic N) is 5. The molecule has 166 valence electrons. The van der Waals surface area contributed by atoms with Crippen LogP contribution >= 0.6 is 0 Å². The second-order valence-corrected chi connectivity index (χ2v) is 6.31. The van der Waals surface area contributed by atoms with Gasteiger partial charge in [0.15, 0.2) is 5.69 Å². The van der Waals surface area contributed by atoms with Gasteiger partial charge in [-0.05, 0) is 25.1 Å². The molecule has 32 heavy (non-hydrogen) atoms. The van der Waals surface area contributed by atoms with E-state index in [9.17, 15) is 43.3 Å². The van der Waals surface area contributed by atoms with E-state index in [1.54, 1.807) is 0 Å². The summed E-state index contributed by atoms with van der Waals surface area (Å²) >= 11 is 0. The largest absolute Gasteiger partial charge is 0.505 e. The lowest BCUT2D eigenvalue weighted by Crippen LogP contribution is -2.16. The van der Waals surface area contributed by atoms with Crippen LogP contribution in [0.5, 0.6) is 5.75 Å². The van der Waals surface area contributed by atoms with Crippen molar-refractivity contribution < 1.29 is 28.1 Å². The number of hydrogen-bond acceptors (Lipinski definition) is 8. The zero-order valence-corrected chi connectivity index (χ0v) is 15.8. The highest BCUT2D eigenvalue weighted by Gasteiger charge is 2.33. The summed E-state index contributed by atoms with van der Waals surface area (Å²) in [6.07, 6.45) is -4.83. The van der Waals surface area contributed by atoms with Crippen LogP contribution in [0, 0.1) is 27.2 Å². The number of aromatic hydroxyl groups is 1. The van der Waals surface area contributed by atoms with Crippen LogP contribution in [0.3, 0.4) is 0 Å². The minimum atomic E-state index is -4.83. The van der Waals surface area contributed by atoms with Gasteiger partial charge >= 0.3 is 6.18 Å². The molecule has 0 aliphatic carbocycles. The SMILES string of the molecule is Cc1[nH]n(-c2ccc(C(F)(F)F)cc2[N+](=O)[O-])c(=O)c1N=Nc1ccc([N+](=O)[O-])cc1O. The number of azo groups is 1. The van der Waals surface area contributed by atoms with Crippen LogP contribution in [0.15, 0.2) is 51.4 Å². The number of nitro groups is 2. The Morgan fingerprint density at radius 3 is 2.31 bits per heavy atom. The van der Waals surface area contributed by atoms with Crippen molar-refractivity contribution in [3.8, 4) is 11.4 Å². The van der Waals surface area contributed by atoms with Crippen molar-refractivity contribution in [3.05, 3.63) is 78.2 Å². The van der Waals surface area contributed by atoms with E-state index >= 15 is 0 Å². The minimum Gasteiger partial charge on any atom is -0.505 e. The number of benzene rings is 2. The predicted molar refractivity (Wildman–Crippen MR) is 102 cm³/mol. The summed E-state index contributed by atoms with van der Waals surface area (Å²) in [4.78, 5) is 32.9. The molecule has 1 aromatic heterocycles. The Labute approximate surface area is 174 Å². The van der Waals surface area contributed by atoms with Crippen LogP contribution in [0.2, 0.25) is 0 Å². The van der Waals surface area contributed by atoms with Crippen molar-refractivity contribution in [1.29, 1.82) is 0 Å². The second kappa shape index (κ2) is 7.93. The smallest absolute Gasteiger partial charge is 0.416 e. The van der Waals surface area contributed by atoms with E-state index in [0.29, 0.717) is 16.8 Å². The molecule has 0 unspecified atom stereocenters. The Balaban J connectivity index is 2.06. The third kappa shape index (κ3) is 4.16. The number of H-pyrrole nitrogens is 1. The summed E-state index contributed by atoms with van der Waals surface area (Å²) in [5.41, 5.74) is -4.56. The topological polar surface area (TPSA) is 169 Å². The molecule has 0 aliphatic heterocycles. The number of nitro benzene ring substituents is 2. The molecule has 2 aromatic carbocycles. The quantitative estimate of drug-likeness (QED) is 0.329. The van der Waals surface area contributed by atoms with E-state index in [-0.39, 0.29) is 17.1 Å². The van der Waals surface area contributed by atoms with E-state index in [2.05, 4.69) is 15.3 Å². The van der Waals surface area contributed by atoms with Crippen molar-refractivity contribution in [3.63, 3.8) is 0 Å². The summed E-state index contributed by atoms with van der Waals surface area (Å²) < 4.78 is 39.3. The Hall–Kier alpha value is -4.56.